The van der Waals surface area contributed by atoms with Crippen LogP contribution < -0.4 is 5.32 Å². The standard InChI is InChI=1S/C10H18N4O2/c1-7(4-8(2)15)13-10(16)9(3)14-6-11-5-12-14/h5-9,15H,4H2,1-3H3,(H,13,16). The summed E-state index contributed by atoms with van der Waals surface area (Å²) in [6.07, 6.45) is 3.01. The maximum atomic E-state index is 11.8. The molecule has 0 spiro atoms. The monoisotopic (exact) mass is 226 g/mol. The van der Waals surface area contributed by atoms with Gasteiger partial charge in [0.05, 0.1) is 6.10 Å². The van der Waals surface area contributed by atoms with E-state index in [2.05, 4.69) is 15.4 Å². The fourth-order valence-electron chi connectivity index (χ4n) is 1.47. The van der Waals surface area contributed by atoms with Gasteiger partial charge in [-0.05, 0) is 27.2 Å². The molecular weight excluding hydrogens is 208 g/mol. The first-order valence-electron chi connectivity index (χ1n) is 5.33. The molecule has 90 valence electrons. The summed E-state index contributed by atoms with van der Waals surface area (Å²) < 4.78 is 1.49. The van der Waals surface area contributed by atoms with Crippen molar-refractivity contribution in [3.05, 3.63) is 12.7 Å². The first-order chi connectivity index (χ1) is 7.50. The minimum Gasteiger partial charge on any atom is -0.393 e. The van der Waals surface area contributed by atoms with Crippen LogP contribution in [0.2, 0.25) is 0 Å². The molecule has 1 aromatic heterocycles. The number of aliphatic hydroxyl groups excluding tert-OH is 1. The molecule has 6 heteroatoms. The molecule has 1 amide bonds. The Kier molecular flexibility index (Phi) is 4.42. The van der Waals surface area contributed by atoms with Crippen molar-refractivity contribution in [2.75, 3.05) is 0 Å². The first-order valence-corrected chi connectivity index (χ1v) is 5.33. The lowest BCUT2D eigenvalue weighted by atomic mass is 10.1. The maximum absolute atomic E-state index is 11.8. The third-order valence-electron chi connectivity index (χ3n) is 2.30. The van der Waals surface area contributed by atoms with Gasteiger partial charge in [-0.25, -0.2) is 9.67 Å². The lowest BCUT2D eigenvalue weighted by Crippen LogP contribution is -2.38. The molecule has 0 aromatic carbocycles. The first kappa shape index (κ1) is 12.6. The number of aliphatic hydroxyl groups is 1. The molecule has 0 radical (unpaired) electrons. The third kappa shape index (κ3) is 3.62. The van der Waals surface area contributed by atoms with Gasteiger partial charge in [0.1, 0.15) is 18.7 Å². The summed E-state index contributed by atoms with van der Waals surface area (Å²) in [5.74, 6) is -0.126. The molecule has 6 nitrogen and oxygen atoms in total. The van der Waals surface area contributed by atoms with Crippen molar-refractivity contribution in [1.82, 2.24) is 20.1 Å². The van der Waals surface area contributed by atoms with Gasteiger partial charge >= 0.3 is 0 Å². The molecule has 1 rings (SSSR count). The van der Waals surface area contributed by atoms with Crippen LogP contribution in [0.1, 0.15) is 33.2 Å². The highest BCUT2D eigenvalue weighted by Crippen LogP contribution is 2.04. The Labute approximate surface area is 94.7 Å². The van der Waals surface area contributed by atoms with Gasteiger partial charge in [0.25, 0.3) is 0 Å². The molecule has 0 saturated heterocycles. The summed E-state index contributed by atoms with van der Waals surface area (Å²) in [4.78, 5) is 15.5. The van der Waals surface area contributed by atoms with Crippen molar-refractivity contribution in [3.63, 3.8) is 0 Å². The van der Waals surface area contributed by atoms with Crippen molar-refractivity contribution in [3.8, 4) is 0 Å². The molecule has 0 aliphatic rings. The van der Waals surface area contributed by atoms with Crippen LogP contribution in [0.3, 0.4) is 0 Å². The van der Waals surface area contributed by atoms with Crippen LogP contribution in [0.4, 0.5) is 0 Å². The van der Waals surface area contributed by atoms with E-state index in [-0.39, 0.29) is 18.0 Å². The number of carbonyl (C=O) groups is 1. The number of carbonyl (C=O) groups excluding carboxylic acids is 1. The lowest BCUT2D eigenvalue weighted by Gasteiger charge is -2.18. The number of nitrogens with zero attached hydrogens (tertiary/aromatic N) is 3. The van der Waals surface area contributed by atoms with E-state index in [9.17, 15) is 9.90 Å². The molecule has 3 unspecified atom stereocenters. The SMILES string of the molecule is CC(O)CC(C)NC(=O)C(C)n1cncn1. The highest BCUT2D eigenvalue weighted by atomic mass is 16.3. The smallest absolute Gasteiger partial charge is 0.244 e. The Balaban J connectivity index is 2.46. The van der Waals surface area contributed by atoms with Gasteiger partial charge in [-0.2, -0.15) is 5.10 Å². The molecule has 0 saturated carbocycles. The van der Waals surface area contributed by atoms with Crippen molar-refractivity contribution < 1.29 is 9.90 Å². The minimum atomic E-state index is -0.419. The van der Waals surface area contributed by atoms with Crippen LogP contribution in [-0.2, 0) is 4.79 Å². The van der Waals surface area contributed by atoms with Crippen LogP contribution in [0, 0.1) is 0 Å². The second kappa shape index (κ2) is 5.60. The number of amides is 1. The summed E-state index contributed by atoms with van der Waals surface area (Å²) in [7, 11) is 0. The second-order valence-electron chi connectivity index (χ2n) is 4.05. The quantitative estimate of drug-likeness (QED) is 0.747. The second-order valence-corrected chi connectivity index (χ2v) is 4.05. The van der Waals surface area contributed by atoms with Crippen LogP contribution in [0.15, 0.2) is 12.7 Å². The predicted molar refractivity (Wildman–Crippen MR) is 58.6 cm³/mol. The minimum absolute atomic E-state index is 0.0570. The molecular formula is C10H18N4O2. The highest BCUT2D eigenvalue weighted by Gasteiger charge is 2.17. The summed E-state index contributed by atoms with van der Waals surface area (Å²) in [6, 6.07) is -0.447. The molecule has 0 bridgehead atoms. The average Bonchev–Trinajstić information content (AvgIpc) is 2.67. The zero-order valence-corrected chi connectivity index (χ0v) is 9.79. The number of hydrogen-bond acceptors (Lipinski definition) is 4. The topological polar surface area (TPSA) is 80.0 Å². The predicted octanol–water partition coefficient (Wildman–Crippen LogP) is 0.115. The van der Waals surface area contributed by atoms with Gasteiger partial charge < -0.3 is 10.4 Å². The van der Waals surface area contributed by atoms with Gasteiger partial charge in [0.2, 0.25) is 5.91 Å². The molecule has 0 aliphatic heterocycles. The van der Waals surface area contributed by atoms with E-state index in [1.54, 1.807) is 13.8 Å². The van der Waals surface area contributed by atoms with E-state index in [0.717, 1.165) is 0 Å². The van der Waals surface area contributed by atoms with Crippen molar-refractivity contribution in [2.24, 2.45) is 0 Å². The molecule has 0 aliphatic carbocycles. The normalized spacial score (nSPS) is 16.5. The third-order valence-corrected chi connectivity index (χ3v) is 2.30. The molecule has 3 atom stereocenters. The Morgan fingerprint density at radius 3 is 2.69 bits per heavy atom. The average molecular weight is 226 g/mol. The van der Waals surface area contributed by atoms with Gasteiger partial charge in [0, 0.05) is 6.04 Å². The maximum Gasteiger partial charge on any atom is 0.244 e. The summed E-state index contributed by atoms with van der Waals surface area (Å²) in [6.45, 7) is 5.31. The Bertz CT molecular complexity index is 324. The molecule has 2 N–H and O–H groups in total. The zero-order chi connectivity index (χ0) is 12.1. The van der Waals surface area contributed by atoms with E-state index in [4.69, 9.17) is 0 Å². The Morgan fingerprint density at radius 2 is 2.19 bits per heavy atom. The molecule has 1 heterocycles. The van der Waals surface area contributed by atoms with Crippen molar-refractivity contribution >= 4 is 5.91 Å². The van der Waals surface area contributed by atoms with Gasteiger partial charge in [-0.15, -0.1) is 0 Å². The molecule has 0 fully saturated rings. The van der Waals surface area contributed by atoms with Gasteiger partial charge in [0.15, 0.2) is 0 Å². The van der Waals surface area contributed by atoms with E-state index in [1.165, 1.54) is 17.3 Å². The van der Waals surface area contributed by atoms with E-state index in [1.807, 2.05) is 6.92 Å². The van der Waals surface area contributed by atoms with Crippen molar-refractivity contribution in [2.45, 2.75) is 45.4 Å². The van der Waals surface area contributed by atoms with Crippen molar-refractivity contribution in [1.29, 1.82) is 0 Å². The van der Waals surface area contributed by atoms with Crippen LogP contribution in [-0.4, -0.2) is 37.9 Å². The van der Waals surface area contributed by atoms with E-state index < -0.39 is 6.10 Å². The van der Waals surface area contributed by atoms with Gasteiger partial charge in [-0.3, -0.25) is 4.79 Å². The molecule has 1 aromatic rings. The summed E-state index contributed by atoms with van der Waals surface area (Å²) in [5, 5.41) is 15.9. The van der Waals surface area contributed by atoms with Crippen LogP contribution in [0.25, 0.3) is 0 Å². The summed E-state index contributed by atoms with van der Waals surface area (Å²) in [5.41, 5.74) is 0. The van der Waals surface area contributed by atoms with E-state index in [0.29, 0.717) is 6.42 Å². The molecule has 16 heavy (non-hydrogen) atoms. The highest BCUT2D eigenvalue weighted by molar-refractivity contribution is 5.79. The number of nitrogens with one attached hydrogen (secondary N) is 1. The Morgan fingerprint density at radius 1 is 1.50 bits per heavy atom. The Hall–Kier alpha value is -1.43. The van der Waals surface area contributed by atoms with Crippen LogP contribution >= 0.6 is 0 Å². The lowest BCUT2D eigenvalue weighted by molar-refractivity contribution is -0.124. The fourth-order valence-corrected chi connectivity index (χ4v) is 1.47. The summed E-state index contributed by atoms with van der Waals surface area (Å²) >= 11 is 0. The number of aromatic nitrogens is 3. The zero-order valence-electron chi connectivity index (χ0n) is 9.79. The number of hydrogen-bond donors (Lipinski definition) is 2. The fraction of sp³-hybridized carbons (Fsp3) is 0.700. The van der Waals surface area contributed by atoms with Gasteiger partial charge in [-0.1, -0.05) is 0 Å². The largest absolute Gasteiger partial charge is 0.393 e. The van der Waals surface area contributed by atoms with Crippen LogP contribution in [0.5, 0.6) is 0 Å². The van der Waals surface area contributed by atoms with E-state index >= 15 is 0 Å². The number of rotatable bonds is 5.